The smallest absolute Gasteiger partial charge is 0.322 e. The van der Waals surface area contributed by atoms with Crippen LogP contribution in [0.3, 0.4) is 0 Å². The lowest BCUT2D eigenvalue weighted by molar-refractivity contribution is 0.206. The number of aromatic nitrogens is 2. The molecule has 6 nitrogen and oxygen atoms in total. The lowest BCUT2D eigenvalue weighted by Crippen LogP contribution is -2.39. The van der Waals surface area contributed by atoms with Gasteiger partial charge in [-0.1, -0.05) is 0 Å². The lowest BCUT2D eigenvalue weighted by atomic mass is 10.1. The number of benzene rings is 2. The molecule has 2 aromatic carbocycles. The van der Waals surface area contributed by atoms with E-state index in [1.54, 1.807) is 18.2 Å². The molecule has 1 aromatic heterocycles. The predicted octanol–water partition coefficient (Wildman–Crippen LogP) is 3.88. The summed E-state index contributed by atoms with van der Waals surface area (Å²) in [5, 5.41) is 2.79. The number of anilines is 1. The maximum Gasteiger partial charge on any atom is 0.322 e. The fourth-order valence-corrected chi connectivity index (χ4v) is 3.10. The summed E-state index contributed by atoms with van der Waals surface area (Å²) in [6, 6.07) is 13.1. The van der Waals surface area contributed by atoms with E-state index in [1.807, 2.05) is 24.3 Å². The summed E-state index contributed by atoms with van der Waals surface area (Å²) in [6.45, 7) is 0.990. The number of nitrogens with one attached hydrogen (secondary N) is 1. The summed E-state index contributed by atoms with van der Waals surface area (Å²) in [4.78, 5) is 23.3. The average molecular weight is 378 g/mol. The Hall–Kier alpha value is -3.48. The molecule has 7 heteroatoms. The zero-order valence-electron chi connectivity index (χ0n) is 15.4. The van der Waals surface area contributed by atoms with Crippen molar-refractivity contribution in [3.05, 3.63) is 71.8 Å². The van der Waals surface area contributed by atoms with Gasteiger partial charge in [0.05, 0.1) is 19.3 Å². The number of carbonyl (C=O) groups is 1. The second kappa shape index (κ2) is 7.64. The maximum atomic E-state index is 13.0. The number of ether oxygens (including phenoxy) is 1. The second-order valence-electron chi connectivity index (χ2n) is 6.50. The second-order valence-corrected chi connectivity index (χ2v) is 6.50. The van der Waals surface area contributed by atoms with E-state index in [-0.39, 0.29) is 11.8 Å². The fraction of sp³-hybridized carbons (Fsp3) is 0.190. The molecular formula is C21H19FN4O2. The van der Waals surface area contributed by atoms with E-state index in [1.165, 1.54) is 24.3 Å². The number of urea groups is 1. The molecule has 0 fully saturated rings. The van der Waals surface area contributed by atoms with Crippen LogP contribution in [-0.4, -0.2) is 34.6 Å². The Bertz CT molecular complexity index is 990. The number of methoxy groups -OCH3 is 1. The van der Waals surface area contributed by atoms with Crippen LogP contribution in [0.5, 0.6) is 5.75 Å². The molecule has 0 spiro atoms. The molecule has 2 amide bonds. The molecule has 0 saturated carbocycles. The SMILES string of the molecule is COc1ccc(-c2ncc3c(n2)CCN(C(=O)Nc2ccc(F)cc2)C3)cc1. The predicted molar refractivity (Wildman–Crippen MR) is 104 cm³/mol. The average Bonchev–Trinajstić information content (AvgIpc) is 2.74. The summed E-state index contributed by atoms with van der Waals surface area (Å²) in [6.07, 6.45) is 2.43. The zero-order valence-corrected chi connectivity index (χ0v) is 15.4. The minimum Gasteiger partial charge on any atom is -0.497 e. The Morgan fingerprint density at radius 3 is 2.61 bits per heavy atom. The van der Waals surface area contributed by atoms with Crippen LogP contribution in [0.25, 0.3) is 11.4 Å². The number of amides is 2. The first-order valence-electron chi connectivity index (χ1n) is 8.93. The van der Waals surface area contributed by atoms with Crippen molar-refractivity contribution in [1.82, 2.24) is 14.9 Å². The molecule has 0 unspecified atom stereocenters. The van der Waals surface area contributed by atoms with Gasteiger partial charge in [0.2, 0.25) is 0 Å². The number of hydrogen-bond acceptors (Lipinski definition) is 4. The van der Waals surface area contributed by atoms with Gasteiger partial charge in [0, 0.05) is 36.0 Å². The first-order chi connectivity index (χ1) is 13.6. The van der Waals surface area contributed by atoms with Crippen LogP contribution in [0.2, 0.25) is 0 Å². The number of rotatable bonds is 3. The van der Waals surface area contributed by atoms with E-state index in [9.17, 15) is 9.18 Å². The molecule has 0 saturated heterocycles. The van der Waals surface area contributed by atoms with E-state index in [0.29, 0.717) is 31.0 Å². The van der Waals surface area contributed by atoms with Crippen molar-refractivity contribution in [3.63, 3.8) is 0 Å². The van der Waals surface area contributed by atoms with E-state index in [0.717, 1.165) is 22.6 Å². The van der Waals surface area contributed by atoms with Crippen molar-refractivity contribution in [1.29, 1.82) is 0 Å². The minimum absolute atomic E-state index is 0.225. The third-order valence-electron chi connectivity index (χ3n) is 4.66. The van der Waals surface area contributed by atoms with Crippen LogP contribution in [0.1, 0.15) is 11.3 Å². The molecule has 0 bridgehead atoms. The van der Waals surface area contributed by atoms with Crippen LogP contribution in [0.15, 0.2) is 54.7 Å². The van der Waals surface area contributed by atoms with Crippen molar-refractivity contribution >= 4 is 11.7 Å². The Kier molecular flexibility index (Phi) is 4.89. The molecule has 0 aliphatic carbocycles. The Morgan fingerprint density at radius 2 is 1.89 bits per heavy atom. The van der Waals surface area contributed by atoms with Gasteiger partial charge in [-0.2, -0.15) is 0 Å². The van der Waals surface area contributed by atoms with E-state index in [2.05, 4.69) is 15.3 Å². The first-order valence-corrected chi connectivity index (χ1v) is 8.93. The van der Waals surface area contributed by atoms with Crippen LogP contribution >= 0.6 is 0 Å². The summed E-state index contributed by atoms with van der Waals surface area (Å²) in [5.41, 5.74) is 3.35. The van der Waals surface area contributed by atoms with Crippen molar-refractivity contribution < 1.29 is 13.9 Å². The zero-order chi connectivity index (χ0) is 19.5. The molecule has 1 aliphatic rings. The van der Waals surface area contributed by atoms with Crippen molar-refractivity contribution in [3.8, 4) is 17.1 Å². The molecule has 1 N–H and O–H groups in total. The Morgan fingerprint density at radius 1 is 1.14 bits per heavy atom. The minimum atomic E-state index is -0.338. The number of hydrogen-bond donors (Lipinski definition) is 1. The van der Waals surface area contributed by atoms with Crippen LogP contribution in [0.4, 0.5) is 14.9 Å². The number of halogens is 1. The topological polar surface area (TPSA) is 67.4 Å². The van der Waals surface area contributed by atoms with Gasteiger partial charge in [0.15, 0.2) is 5.82 Å². The van der Waals surface area contributed by atoms with Crippen molar-refractivity contribution in [2.75, 3.05) is 19.0 Å². The fourth-order valence-electron chi connectivity index (χ4n) is 3.10. The first kappa shape index (κ1) is 17.9. The van der Waals surface area contributed by atoms with E-state index >= 15 is 0 Å². The van der Waals surface area contributed by atoms with Gasteiger partial charge in [0.25, 0.3) is 0 Å². The highest BCUT2D eigenvalue weighted by atomic mass is 19.1. The molecule has 2 heterocycles. The molecule has 3 aromatic rings. The van der Waals surface area contributed by atoms with E-state index in [4.69, 9.17) is 4.74 Å². The van der Waals surface area contributed by atoms with Gasteiger partial charge in [-0.25, -0.2) is 19.2 Å². The van der Waals surface area contributed by atoms with Crippen LogP contribution < -0.4 is 10.1 Å². The van der Waals surface area contributed by atoms with Gasteiger partial charge >= 0.3 is 6.03 Å². The highest BCUT2D eigenvalue weighted by Gasteiger charge is 2.22. The van der Waals surface area contributed by atoms with Gasteiger partial charge in [-0.05, 0) is 48.5 Å². The number of nitrogens with zero attached hydrogens (tertiary/aromatic N) is 3. The largest absolute Gasteiger partial charge is 0.497 e. The summed E-state index contributed by atoms with van der Waals surface area (Å²) < 4.78 is 18.2. The van der Waals surface area contributed by atoms with Crippen LogP contribution in [-0.2, 0) is 13.0 Å². The van der Waals surface area contributed by atoms with Gasteiger partial charge in [-0.3, -0.25) is 0 Å². The monoisotopic (exact) mass is 378 g/mol. The molecule has 142 valence electrons. The Balaban J connectivity index is 1.46. The molecule has 1 aliphatic heterocycles. The molecule has 28 heavy (non-hydrogen) atoms. The van der Waals surface area contributed by atoms with Gasteiger partial charge in [-0.15, -0.1) is 0 Å². The van der Waals surface area contributed by atoms with Crippen molar-refractivity contribution in [2.24, 2.45) is 0 Å². The molecule has 0 radical (unpaired) electrons. The molecule has 0 atom stereocenters. The molecule has 4 rings (SSSR count). The normalized spacial score (nSPS) is 13.0. The summed E-state index contributed by atoms with van der Waals surface area (Å²) >= 11 is 0. The van der Waals surface area contributed by atoms with E-state index < -0.39 is 0 Å². The highest BCUT2D eigenvalue weighted by Crippen LogP contribution is 2.23. The Labute approximate surface area is 162 Å². The van der Waals surface area contributed by atoms with Gasteiger partial charge < -0.3 is 15.0 Å². The van der Waals surface area contributed by atoms with Crippen molar-refractivity contribution in [2.45, 2.75) is 13.0 Å². The number of fused-ring (bicyclic) bond motifs is 1. The highest BCUT2D eigenvalue weighted by molar-refractivity contribution is 5.89. The van der Waals surface area contributed by atoms with Gasteiger partial charge in [0.1, 0.15) is 11.6 Å². The quantitative estimate of drug-likeness (QED) is 0.751. The third kappa shape index (κ3) is 3.78. The summed E-state index contributed by atoms with van der Waals surface area (Å²) in [7, 11) is 1.63. The molecular weight excluding hydrogens is 359 g/mol. The maximum absolute atomic E-state index is 13.0. The standard InChI is InChI=1S/C21H19FN4O2/c1-28-18-8-2-14(3-9-18)20-23-12-15-13-26(11-10-19(15)25-20)21(27)24-17-6-4-16(22)5-7-17/h2-9,12H,10-11,13H2,1H3,(H,24,27). The summed E-state index contributed by atoms with van der Waals surface area (Å²) in [5.74, 6) is 1.10. The third-order valence-corrected chi connectivity index (χ3v) is 4.66. The number of carbonyl (C=O) groups excluding carboxylic acids is 1. The van der Waals surface area contributed by atoms with Crippen LogP contribution in [0, 0.1) is 5.82 Å². The lowest BCUT2D eigenvalue weighted by Gasteiger charge is -2.28.